The van der Waals surface area contributed by atoms with E-state index in [1.807, 2.05) is 0 Å². The summed E-state index contributed by atoms with van der Waals surface area (Å²) in [5.41, 5.74) is 0. The maximum atomic E-state index is 12.0. The summed E-state index contributed by atoms with van der Waals surface area (Å²) in [6, 6.07) is 0. The Morgan fingerprint density at radius 1 is 0.706 bits per heavy atom. The first kappa shape index (κ1) is 29.3. The van der Waals surface area contributed by atoms with Gasteiger partial charge in [0, 0.05) is 6.42 Å². The van der Waals surface area contributed by atoms with Crippen LogP contribution >= 0.6 is 0 Å². The molecule has 34 heavy (non-hydrogen) atoms. The first-order valence-corrected chi connectivity index (χ1v) is 12.0. The number of aliphatic hydroxyl groups is 7. The molecule has 2 aliphatic rings. The van der Waals surface area contributed by atoms with E-state index in [-0.39, 0.29) is 6.42 Å². The lowest BCUT2D eigenvalue weighted by Crippen LogP contribution is -2.63. The standard InChI is InChI=1S/C22H40O12/c1-2-3-4-5-6-7-8-9-14(24)31-11-13-16(26)18(28)20(30)22(33-13)34-21-19(29)17(27)15(25)12(10-23)32-21/h12-13,15-23,25-30H,2-11H2,1H3/t12?,13?,15-,16-,17?,18?,19+,20+,21-,22-/m1/s1. The van der Waals surface area contributed by atoms with Crippen LogP contribution in [0.15, 0.2) is 0 Å². The second kappa shape index (κ2) is 14.6. The number of rotatable bonds is 13. The van der Waals surface area contributed by atoms with Crippen molar-refractivity contribution in [3.63, 3.8) is 0 Å². The summed E-state index contributed by atoms with van der Waals surface area (Å²) in [4.78, 5) is 12.0. The van der Waals surface area contributed by atoms with Gasteiger partial charge in [-0.1, -0.05) is 45.4 Å². The molecule has 2 fully saturated rings. The number of aliphatic hydroxyl groups excluding tert-OH is 7. The maximum Gasteiger partial charge on any atom is 0.305 e. The molecule has 0 aliphatic carbocycles. The molecular formula is C22H40O12. The Balaban J connectivity index is 1.83. The van der Waals surface area contributed by atoms with Gasteiger partial charge in [0.2, 0.25) is 0 Å². The highest BCUT2D eigenvalue weighted by atomic mass is 16.8. The Bertz CT molecular complexity index is 590. The molecule has 10 atom stereocenters. The highest BCUT2D eigenvalue weighted by Crippen LogP contribution is 2.28. The Labute approximate surface area is 199 Å². The summed E-state index contributed by atoms with van der Waals surface area (Å²) in [5.74, 6) is -0.489. The molecule has 0 aromatic heterocycles. The van der Waals surface area contributed by atoms with Gasteiger partial charge in [-0.3, -0.25) is 4.79 Å². The SMILES string of the molecule is CCCCCCCCCC(=O)OCC1O[C@H](O[C@H]2OC(CO)[C@@H](O)C(O)[C@@H]2O)[C@@H](O)C(O)[C@@H]1O. The fraction of sp³-hybridized carbons (Fsp3) is 0.955. The molecule has 12 nitrogen and oxygen atoms in total. The Hall–Kier alpha value is -0.930. The molecule has 0 aromatic rings. The van der Waals surface area contributed by atoms with Crippen LogP contribution in [-0.2, 0) is 23.7 Å². The van der Waals surface area contributed by atoms with Crippen molar-refractivity contribution in [2.45, 2.75) is 120 Å². The average Bonchev–Trinajstić information content (AvgIpc) is 2.83. The Morgan fingerprint density at radius 2 is 1.21 bits per heavy atom. The van der Waals surface area contributed by atoms with Crippen molar-refractivity contribution in [3.8, 4) is 0 Å². The van der Waals surface area contributed by atoms with Crippen molar-refractivity contribution < 1.29 is 59.5 Å². The van der Waals surface area contributed by atoms with E-state index < -0.39 is 80.6 Å². The molecule has 4 unspecified atom stereocenters. The topological polar surface area (TPSA) is 196 Å². The number of ether oxygens (including phenoxy) is 4. The first-order valence-electron chi connectivity index (χ1n) is 12.0. The molecule has 0 bridgehead atoms. The van der Waals surface area contributed by atoms with Crippen LogP contribution in [0.1, 0.15) is 58.3 Å². The maximum absolute atomic E-state index is 12.0. The average molecular weight is 497 g/mol. The number of hydrogen-bond acceptors (Lipinski definition) is 12. The van der Waals surface area contributed by atoms with Crippen molar-refractivity contribution in [3.05, 3.63) is 0 Å². The second-order valence-electron chi connectivity index (χ2n) is 8.90. The number of carbonyl (C=O) groups is 1. The second-order valence-corrected chi connectivity index (χ2v) is 8.90. The molecule has 0 amide bonds. The highest BCUT2D eigenvalue weighted by Gasteiger charge is 2.49. The quantitative estimate of drug-likeness (QED) is 0.113. The van der Waals surface area contributed by atoms with Crippen molar-refractivity contribution in [2.24, 2.45) is 0 Å². The lowest BCUT2D eigenvalue weighted by molar-refractivity contribution is -0.376. The number of hydrogen-bond donors (Lipinski definition) is 7. The van der Waals surface area contributed by atoms with Gasteiger partial charge < -0.3 is 54.7 Å². The van der Waals surface area contributed by atoms with Gasteiger partial charge in [0.25, 0.3) is 0 Å². The monoisotopic (exact) mass is 496 g/mol. The molecule has 0 aromatic carbocycles. The van der Waals surface area contributed by atoms with Crippen molar-refractivity contribution in [1.82, 2.24) is 0 Å². The summed E-state index contributed by atoms with van der Waals surface area (Å²) < 4.78 is 21.1. The van der Waals surface area contributed by atoms with E-state index in [2.05, 4.69) is 6.92 Å². The van der Waals surface area contributed by atoms with E-state index in [0.29, 0.717) is 6.42 Å². The van der Waals surface area contributed by atoms with E-state index in [4.69, 9.17) is 18.9 Å². The lowest BCUT2D eigenvalue weighted by atomic mass is 9.98. The molecule has 2 heterocycles. The van der Waals surface area contributed by atoms with Crippen LogP contribution in [-0.4, -0.2) is 116 Å². The molecule has 0 saturated carbocycles. The van der Waals surface area contributed by atoms with Crippen LogP contribution in [0.2, 0.25) is 0 Å². The van der Waals surface area contributed by atoms with Crippen LogP contribution in [0.4, 0.5) is 0 Å². The van der Waals surface area contributed by atoms with Gasteiger partial charge in [0.05, 0.1) is 6.61 Å². The first-order chi connectivity index (χ1) is 16.2. The zero-order valence-corrected chi connectivity index (χ0v) is 19.5. The summed E-state index contributed by atoms with van der Waals surface area (Å²) in [6.07, 6.45) is -8.41. The number of unbranched alkanes of at least 4 members (excludes halogenated alkanes) is 6. The van der Waals surface area contributed by atoms with Crippen LogP contribution in [0.5, 0.6) is 0 Å². The predicted octanol–water partition coefficient (Wildman–Crippen LogP) is -1.71. The zero-order chi connectivity index (χ0) is 25.3. The molecule has 0 radical (unpaired) electrons. The number of carbonyl (C=O) groups excluding carboxylic acids is 1. The fourth-order valence-electron chi connectivity index (χ4n) is 3.95. The molecule has 12 heteroatoms. The van der Waals surface area contributed by atoms with E-state index in [9.17, 15) is 40.5 Å². The van der Waals surface area contributed by atoms with Gasteiger partial charge in [-0.25, -0.2) is 0 Å². The highest BCUT2D eigenvalue weighted by molar-refractivity contribution is 5.69. The number of esters is 1. The molecule has 2 rings (SSSR count). The molecule has 0 spiro atoms. The summed E-state index contributed by atoms with van der Waals surface area (Å²) in [5, 5.41) is 69.7. The minimum absolute atomic E-state index is 0.201. The van der Waals surface area contributed by atoms with Crippen molar-refractivity contribution in [1.29, 1.82) is 0 Å². The van der Waals surface area contributed by atoms with Crippen LogP contribution < -0.4 is 0 Å². The van der Waals surface area contributed by atoms with Gasteiger partial charge in [-0.2, -0.15) is 0 Å². The lowest BCUT2D eigenvalue weighted by Gasteiger charge is -2.44. The molecule has 2 aliphatic heterocycles. The normalized spacial score (nSPS) is 38.6. The molecule has 7 N–H and O–H groups in total. The minimum Gasteiger partial charge on any atom is -0.463 e. The van der Waals surface area contributed by atoms with Crippen LogP contribution in [0.25, 0.3) is 0 Å². The van der Waals surface area contributed by atoms with Gasteiger partial charge in [0.15, 0.2) is 12.6 Å². The van der Waals surface area contributed by atoms with E-state index in [1.54, 1.807) is 0 Å². The predicted molar refractivity (Wildman–Crippen MR) is 115 cm³/mol. The van der Waals surface area contributed by atoms with Crippen LogP contribution in [0, 0.1) is 0 Å². The third-order valence-electron chi connectivity index (χ3n) is 6.18. The van der Waals surface area contributed by atoms with Crippen LogP contribution in [0.3, 0.4) is 0 Å². The van der Waals surface area contributed by atoms with E-state index in [0.717, 1.165) is 19.3 Å². The van der Waals surface area contributed by atoms with Gasteiger partial charge >= 0.3 is 5.97 Å². The molecular weight excluding hydrogens is 456 g/mol. The van der Waals surface area contributed by atoms with Gasteiger partial charge in [-0.15, -0.1) is 0 Å². The zero-order valence-electron chi connectivity index (χ0n) is 19.5. The molecule has 200 valence electrons. The smallest absolute Gasteiger partial charge is 0.305 e. The minimum atomic E-state index is -1.76. The van der Waals surface area contributed by atoms with Gasteiger partial charge in [0.1, 0.15) is 55.4 Å². The third-order valence-corrected chi connectivity index (χ3v) is 6.18. The van der Waals surface area contributed by atoms with E-state index >= 15 is 0 Å². The fourth-order valence-corrected chi connectivity index (χ4v) is 3.95. The third kappa shape index (κ3) is 8.05. The van der Waals surface area contributed by atoms with Crippen molar-refractivity contribution >= 4 is 5.97 Å². The largest absolute Gasteiger partial charge is 0.463 e. The van der Waals surface area contributed by atoms with Gasteiger partial charge in [-0.05, 0) is 6.42 Å². The van der Waals surface area contributed by atoms with Crippen molar-refractivity contribution in [2.75, 3.05) is 13.2 Å². The summed E-state index contributed by atoms with van der Waals surface area (Å²) >= 11 is 0. The summed E-state index contributed by atoms with van der Waals surface area (Å²) in [7, 11) is 0. The van der Waals surface area contributed by atoms with E-state index in [1.165, 1.54) is 19.3 Å². The Kier molecular flexibility index (Phi) is 12.6. The molecule has 2 saturated heterocycles. The Morgan fingerprint density at radius 3 is 1.76 bits per heavy atom. The summed E-state index contributed by atoms with van der Waals surface area (Å²) in [6.45, 7) is 1.05.